The van der Waals surface area contributed by atoms with Gasteiger partial charge in [0.2, 0.25) is 0 Å². The monoisotopic (exact) mass is 251 g/mol. The number of aliphatic hydroxyl groups is 1. The van der Waals surface area contributed by atoms with Crippen LogP contribution in [0.5, 0.6) is 0 Å². The van der Waals surface area contributed by atoms with Crippen LogP contribution in [0, 0.1) is 12.3 Å². The zero-order valence-electron chi connectivity index (χ0n) is 12.0. The summed E-state index contributed by atoms with van der Waals surface area (Å²) in [6.45, 7) is 8.84. The number of nitrogens with zero attached hydrogens (tertiary/aromatic N) is 3. The summed E-state index contributed by atoms with van der Waals surface area (Å²) in [6, 6.07) is 0. The van der Waals surface area contributed by atoms with Crippen LogP contribution in [0.2, 0.25) is 0 Å². The third kappa shape index (κ3) is 2.26. The van der Waals surface area contributed by atoms with E-state index in [9.17, 15) is 5.11 Å². The predicted octanol–water partition coefficient (Wildman–Crippen LogP) is 2.24. The molecule has 2 heterocycles. The molecule has 0 unspecified atom stereocenters. The molecule has 4 nitrogen and oxygen atoms in total. The quantitative estimate of drug-likeness (QED) is 0.895. The van der Waals surface area contributed by atoms with Crippen molar-refractivity contribution < 1.29 is 5.11 Å². The molecule has 102 valence electrons. The van der Waals surface area contributed by atoms with Crippen LogP contribution in [0.4, 0.5) is 5.82 Å². The van der Waals surface area contributed by atoms with E-state index in [1.165, 1.54) is 19.3 Å². The SMILES string of the molecule is CCC1(C)CCN(c2c(CO)c(C)nn2C)CC1. The Balaban J connectivity index is 2.19. The fourth-order valence-corrected chi connectivity index (χ4v) is 2.88. The molecule has 0 radical (unpaired) electrons. The third-order valence-corrected chi connectivity index (χ3v) is 4.59. The van der Waals surface area contributed by atoms with Gasteiger partial charge in [0, 0.05) is 25.7 Å². The zero-order chi connectivity index (χ0) is 13.3. The highest BCUT2D eigenvalue weighted by atomic mass is 16.3. The second-order valence-corrected chi connectivity index (χ2v) is 5.82. The van der Waals surface area contributed by atoms with Crippen molar-refractivity contribution in [2.24, 2.45) is 12.5 Å². The van der Waals surface area contributed by atoms with Gasteiger partial charge in [-0.1, -0.05) is 20.3 Å². The highest BCUT2D eigenvalue weighted by molar-refractivity contribution is 5.50. The number of hydrogen-bond donors (Lipinski definition) is 1. The predicted molar refractivity (Wildman–Crippen MR) is 73.7 cm³/mol. The molecule has 0 saturated carbocycles. The van der Waals surface area contributed by atoms with Gasteiger partial charge >= 0.3 is 0 Å². The first-order valence-electron chi connectivity index (χ1n) is 6.89. The molecule has 1 aliphatic heterocycles. The van der Waals surface area contributed by atoms with Gasteiger partial charge in [-0.25, -0.2) is 0 Å². The highest BCUT2D eigenvalue weighted by Gasteiger charge is 2.30. The van der Waals surface area contributed by atoms with Gasteiger partial charge in [-0.05, 0) is 25.2 Å². The summed E-state index contributed by atoms with van der Waals surface area (Å²) in [7, 11) is 1.97. The molecule has 1 saturated heterocycles. The van der Waals surface area contributed by atoms with E-state index >= 15 is 0 Å². The Morgan fingerprint density at radius 3 is 2.44 bits per heavy atom. The van der Waals surface area contributed by atoms with Crippen LogP contribution in [-0.4, -0.2) is 28.0 Å². The second-order valence-electron chi connectivity index (χ2n) is 5.82. The lowest BCUT2D eigenvalue weighted by molar-refractivity contribution is 0.236. The van der Waals surface area contributed by atoms with Gasteiger partial charge in [0.25, 0.3) is 0 Å². The van der Waals surface area contributed by atoms with Gasteiger partial charge in [0.1, 0.15) is 5.82 Å². The average Bonchev–Trinajstić information content (AvgIpc) is 2.65. The number of aryl methyl sites for hydroxylation is 2. The van der Waals surface area contributed by atoms with Gasteiger partial charge in [-0.15, -0.1) is 0 Å². The molecule has 1 aliphatic rings. The summed E-state index contributed by atoms with van der Waals surface area (Å²) in [5, 5.41) is 13.9. The number of piperidine rings is 1. The van der Waals surface area contributed by atoms with Crippen LogP contribution in [0.15, 0.2) is 0 Å². The normalized spacial score (nSPS) is 19.3. The third-order valence-electron chi connectivity index (χ3n) is 4.59. The minimum absolute atomic E-state index is 0.0799. The minimum atomic E-state index is 0.0799. The van der Waals surface area contributed by atoms with Gasteiger partial charge in [0.05, 0.1) is 12.3 Å². The summed E-state index contributed by atoms with van der Waals surface area (Å²) >= 11 is 0. The van der Waals surface area contributed by atoms with Crippen molar-refractivity contribution in [3.63, 3.8) is 0 Å². The first-order chi connectivity index (χ1) is 8.50. The van der Waals surface area contributed by atoms with Crippen molar-refractivity contribution in [1.29, 1.82) is 0 Å². The average molecular weight is 251 g/mol. The second kappa shape index (κ2) is 4.92. The molecule has 0 bridgehead atoms. The van der Waals surface area contributed by atoms with E-state index in [2.05, 4.69) is 23.8 Å². The Bertz CT molecular complexity index is 417. The summed E-state index contributed by atoms with van der Waals surface area (Å²) in [5.74, 6) is 1.10. The Morgan fingerprint density at radius 1 is 1.33 bits per heavy atom. The van der Waals surface area contributed by atoms with Crippen LogP contribution in [0.3, 0.4) is 0 Å². The van der Waals surface area contributed by atoms with E-state index in [0.717, 1.165) is 30.2 Å². The molecule has 0 spiro atoms. The molecule has 0 atom stereocenters. The van der Waals surface area contributed by atoms with Crippen molar-refractivity contribution in [1.82, 2.24) is 9.78 Å². The molecule has 1 N–H and O–H groups in total. The summed E-state index contributed by atoms with van der Waals surface area (Å²) in [6.07, 6.45) is 3.69. The van der Waals surface area contributed by atoms with Crippen molar-refractivity contribution >= 4 is 5.82 Å². The molecule has 2 rings (SSSR count). The lowest BCUT2D eigenvalue weighted by Crippen LogP contribution is -2.39. The fraction of sp³-hybridized carbons (Fsp3) is 0.786. The highest BCUT2D eigenvalue weighted by Crippen LogP contribution is 2.36. The summed E-state index contributed by atoms with van der Waals surface area (Å²) in [5.41, 5.74) is 2.42. The molecule has 18 heavy (non-hydrogen) atoms. The van der Waals surface area contributed by atoms with Crippen molar-refractivity contribution in [3.05, 3.63) is 11.3 Å². The Labute approximate surface area is 110 Å². The molecule has 4 heteroatoms. The fourth-order valence-electron chi connectivity index (χ4n) is 2.88. The van der Waals surface area contributed by atoms with E-state index < -0.39 is 0 Å². The lowest BCUT2D eigenvalue weighted by Gasteiger charge is -2.40. The van der Waals surface area contributed by atoms with Gasteiger partial charge in [-0.3, -0.25) is 4.68 Å². The number of hydrogen-bond acceptors (Lipinski definition) is 3. The van der Waals surface area contributed by atoms with E-state index in [4.69, 9.17) is 0 Å². The maximum Gasteiger partial charge on any atom is 0.132 e. The Hall–Kier alpha value is -1.03. The first-order valence-corrected chi connectivity index (χ1v) is 6.89. The molecular weight excluding hydrogens is 226 g/mol. The number of rotatable bonds is 3. The van der Waals surface area contributed by atoms with E-state index in [0.29, 0.717) is 5.41 Å². The van der Waals surface area contributed by atoms with Crippen molar-refractivity contribution in [3.8, 4) is 0 Å². The van der Waals surface area contributed by atoms with E-state index in [1.807, 2.05) is 18.7 Å². The largest absolute Gasteiger partial charge is 0.391 e. The lowest BCUT2D eigenvalue weighted by atomic mass is 9.78. The summed E-state index contributed by atoms with van der Waals surface area (Å²) in [4.78, 5) is 2.38. The minimum Gasteiger partial charge on any atom is -0.391 e. The van der Waals surface area contributed by atoms with Crippen molar-refractivity contribution in [2.75, 3.05) is 18.0 Å². The maximum absolute atomic E-state index is 9.51. The Kier molecular flexibility index (Phi) is 3.66. The smallest absolute Gasteiger partial charge is 0.132 e. The number of aliphatic hydroxyl groups excluding tert-OH is 1. The molecule has 1 aromatic heterocycles. The number of aromatic nitrogens is 2. The summed E-state index contributed by atoms with van der Waals surface area (Å²) < 4.78 is 1.91. The molecule has 0 amide bonds. The molecule has 1 aromatic rings. The first kappa shape index (κ1) is 13.4. The zero-order valence-corrected chi connectivity index (χ0v) is 12.0. The van der Waals surface area contributed by atoms with E-state index in [1.54, 1.807) is 0 Å². The van der Waals surface area contributed by atoms with Gasteiger partial charge in [0.15, 0.2) is 0 Å². The van der Waals surface area contributed by atoms with Crippen LogP contribution in [-0.2, 0) is 13.7 Å². The number of anilines is 1. The van der Waals surface area contributed by atoms with Crippen LogP contribution >= 0.6 is 0 Å². The van der Waals surface area contributed by atoms with E-state index in [-0.39, 0.29) is 6.61 Å². The van der Waals surface area contributed by atoms with Gasteiger partial charge in [-0.2, -0.15) is 5.10 Å². The topological polar surface area (TPSA) is 41.3 Å². The van der Waals surface area contributed by atoms with Gasteiger partial charge < -0.3 is 10.0 Å². The molecular formula is C14H25N3O. The standard InChI is InChI=1S/C14H25N3O/c1-5-14(3)6-8-17(9-7-14)13-12(10-18)11(2)15-16(13)4/h18H,5-10H2,1-4H3. The maximum atomic E-state index is 9.51. The molecule has 0 aromatic carbocycles. The molecule has 1 fully saturated rings. The van der Waals surface area contributed by atoms with Crippen LogP contribution in [0.25, 0.3) is 0 Å². The van der Waals surface area contributed by atoms with Crippen LogP contribution < -0.4 is 4.90 Å². The van der Waals surface area contributed by atoms with Crippen molar-refractivity contribution in [2.45, 2.75) is 46.6 Å². The Morgan fingerprint density at radius 2 is 1.94 bits per heavy atom. The molecule has 0 aliphatic carbocycles. The van der Waals surface area contributed by atoms with Crippen LogP contribution in [0.1, 0.15) is 44.4 Å².